The predicted octanol–water partition coefficient (Wildman–Crippen LogP) is 4.60. The quantitative estimate of drug-likeness (QED) is 0.501. The number of nitriles is 1. The number of nitrogens with zero attached hydrogens (tertiary/aromatic N) is 3. The van der Waals surface area contributed by atoms with Crippen LogP contribution in [0, 0.1) is 25.2 Å². The minimum atomic E-state index is -0.524. The molecule has 0 saturated heterocycles. The zero-order chi connectivity index (χ0) is 22.6. The van der Waals surface area contributed by atoms with E-state index in [2.05, 4.69) is 31.9 Å². The smallest absolute Gasteiger partial charge is 0.338 e. The average Bonchev–Trinajstić information content (AvgIpc) is 3.12. The molecule has 31 heavy (non-hydrogen) atoms. The highest BCUT2D eigenvalue weighted by molar-refractivity contribution is 5.89. The van der Waals surface area contributed by atoms with Gasteiger partial charge in [0.2, 0.25) is 11.9 Å². The number of aryl methyl sites for hydroxylation is 2. The SMILES string of the molecule is Cc1cc(Nc2nc(NCc3ccc(C(=O)OC(C)(C)C)cc3)n[nH]2)cc(C)c1C#N. The van der Waals surface area contributed by atoms with Crippen LogP contribution in [0.4, 0.5) is 17.6 Å². The van der Waals surface area contributed by atoms with E-state index < -0.39 is 5.60 Å². The van der Waals surface area contributed by atoms with E-state index in [0.29, 0.717) is 29.6 Å². The molecule has 160 valence electrons. The molecule has 3 N–H and O–H groups in total. The predicted molar refractivity (Wildman–Crippen MR) is 119 cm³/mol. The van der Waals surface area contributed by atoms with Crippen LogP contribution in [0.15, 0.2) is 36.4 Å². The monoisotopic (exact) mass is 418 g/mol. The van der Waals surface area contributed by atoms with Crippen molar-refractivity contribution in [1.29, 1.82) is 5.26 Å². The van der Waals surface area contributed by atoms with Gasteiger partial charge in [-0.25, -0.2) is 9.89 Å². The first-order valence-corrected chi connectivity index (χ1v) is 9.91. The summed E-state index contributed by atoms with van der Waals surface area (Å²) < 4.78 is 5.37. The number of hydrogen-bond acceptors (Lipinski definition) is 7. The van der Waals surface area contributed by atoms with Crippen LogP contribution in [0.3, 0.4) is 0 Å². The lowest BCUT2D eigenvalue weighted by molar-refractivity contribution is 0.00695. The van der Waals surface area contributed by atoms with E-state index in [1.165, 1.54) is 0 Å². The molecular formula is C23H26N6O2. The lowest BCUT2D eigenvalue weighted by Gasteiger charge is -2.19. The van der Waals surface area contributed by atoms with Crippen LogP contribution in [0.1, 0.15) is 53.4 Å². The molecular weight excluding hydrogens is 392 g/mol. The van der Waals surface area contributed by atoms with Gasteiger partial charge in [-0.1, -0.05) is 12.1 Å². The van der Waals surface area contributed by atoms with E-state index in [1.807, 2.05) is 58.9 Å². The fraction of sp³-hybridized carbons (Fsp3) is 0.304. The first kappa shape index (κ1) is 21.8. The Morgan fingerprint density at radius 2 is 1.81 bits per heavy atom. The Bertz CT molecular complexity index is 1100. The zero-order valence-electron chi connectivity index (χ0n) is 18.3. The number of hydrogen-bond donors (Lipinski definition) is 3. The summed E-state index contributed by atoms with van der Waals surface area (Å²) in [6.07, 6.45) is 0. The summed E-state index contributed by atoms with van der Waals surface area (Å²) in [7, 11) is 0. The van der Waals surface area contributed by atoms with Crippen LogP contribution in [0.25, 0.3) is 0 Å². The van der Waals surface area contributed by atoms with Crippen LogP contribution in [0.2, 0.25) is 0 Å². The number of aromatic nitrogens is 3. The molecule has 8 heteroatoms. The largest absolute Gasteiger partial charge is 0.456 e. The molecule has 1 heterocycles. The molecule has 0 spiro atoms. The number of carbonyl (C=O) groups is 1. The van der Waals surface area contributed by atoms with Crippen LogP contribution >= 0.6 is 0 Å². The topological polar surface area (TPSA) is 116 Å². The van der Waals surface area contributed by atoms with Crippen molar-refractivity contribution < 1.29 is 9.53 Å². The summed E-state index contributed by atoms with van der Waals surface area (Å²) in [6.45, 7) is 9.82. The first-order chi connectivity index (χ1) is 14.6. The molecule has 0 atom stereocenters. The van der Waals surface area contributed by atoms with Gasteiger partial charge in [-0.2, -0.15) is 10.2 Å². The van der Waals surface area contributed by atoms with Crippen LogP contribution in [-0.4, -0.2) is 26.8 Å². The number of nitrogens with one attached hydrogen (secondary N) is 3. The van der Waals surface area contributed by atoms with Gasteiger partial charge >= 0.3 is 5.97 Å². The van der Waals surface area contributed by atoms with E-state index in [9.17, 15) is 10.1 Å². The fourth-order valence-corrected chi connectivity index (χ4v) is 3.02. The Balaban J connectivity index is 1.58. The van der Waals surface area contributed by atoms with Crippen molar-refractivity contribution in [2.45, 2.75) is 46.8 Å². The number of carbonyl (C=O) groups excluding carboxylic acids is 1. The molecule has 0 amide bonds. The van der Waals surface area contributed by atoms with Crippen LogP contribution in [0.5, 0.6) is 0 Å². The highest BCUT2D eigenvalue weighted by Gasteiger charge is 2.17. The van der Waals surface area contributed by atoms with Gasteiger partial charge in [0.05, 0.1) is 17.2 Å². The number of esters is 1. The third kappa shape index (κ3) is 5.82. The van der Waals surface area contributed by atoms with E-state index in [4.69, 9.17) is 4.74 Å². The Morgan fingerprint density at radius 1 is 1.16 bits per heavy atom. The van der Waals surface area contributed by atoms with Gasteiger partial charge in [-0.05, 0) is 75.6 Å². The first-order valence-electron chi connectivity index (χ1n) is 9.91. The lowest BCUT2D eigenvalue weighted by atomic mass is 10.0. The Kier molecular flexibility index (Phi) is 6.25. The average molecular weight is 419 g/mol. The standard InChI is InChI=1S/C23H26N6O2/c1-14-10-18(11-15(2)19(14)12-24)26-22-27-21(28-29-22)25-13-16-6-8-17(9-7-16)20(30)31-23(3,4)5/h6-11H,13H2,1-5H3,(H3,25,26,27,28,29). The van der Waals surface area contributed by atoms with Crippen molar-refractivity contribution in [2.24, 2.45) is 0 Å². The molecule has 0 unspecified atom stereocenters. The molecule has 0 aliphatic rings. The summed E-state index contributed by atoms with van der Waals surface area (Å²) in [5.41, 5.74) is 4.28. The van der Waals surface area contributed by atoms with Gasteiger partial charge in [0.15, 0.2) is 0 Å². The molecule has 0 aliphatic carbocycles. The summed E-state index contributed by atoms with van der Waals surface area (Å²) in [4.78, 5) is 16.5. The van der Waals surface area contributed by atoms with Gasteiger partial charge in [0.25, 0.3) is 0 Å². The Morgan fingerprint density at radius 3 is 2.39 bits per heavy atom. The maximum absolute atomic E-state index is 12.1. The second-order valence-corrected chi connectivity index (χ2v) is 8.28. The molecule has 1 aromatic heterocycles. The van der Waals surface area contributed by atoms with Crippen molar-refractivity contribution in [3.63, 3.8) is 0 Å². The summed E-state index contributed by atoms with van der Waals surface area (Å²) in [5, 5.41) is 22.5. The van der Waals surface area contributed by atoms with Crippen molar-refractivity contribution in [2.75, 3.05) is 10.6 Å². The maximum Gasteiger partial charge on any atom is 0.338 e. The van der Waals surface area contributed by atoms with Crippen LogP contribution in [-0.2, 0) is 11.3 Å². The number of aromatic amines is 1. The van der Waals surface area contributed by atoms with Crippen molar-refractivity contribution in [3.8, 4) is 6.07 Å². The third-order valence-corrected chi connectivity index (χ3v) is 4.43. The fourth-order valence-electron chi connectivity index (χ4n) is 3.02. The molecule has 2 aromatic carbocycles. The highest BCUT2D eigenvalue weighted by atomic mass is 16.6. The van der Waals surface area contributed by atoms with Crippen molar-refractivity contribution in [3.05, 3.63) is 64.2 Å². The summed E-state index contributed by atoms with van der Waals surface area (Å²) in [6, 6.07) is 13.2. The number of benzene rings is 2. The minimum Gasteiger partial charge on any atom is -0.456 e. The van der Waals surface area contributed by atoms with Gasteiger partial charge in [0, 0.05) is 12.2 Å². The number of ether oxygens (including phenoxy) is 1. The van der Waals surface area contributed by atoms with E-state index in [1.54, 1.807) is 12.1 Å². The zero-order valence-corrected chi connectivity index (χ0v) is 18.3. The molecule has 0 saturated carbocycles. The Hall–Kier alpha value is -3.86. The second-order valence-electron chi connectivity index (χ2n) is 8.28. The van der Waals surface area contributed by atoms with Gasteiger partial charge in [-0.15, -0.1) is 5.10 Å². The molecule has 8 nitrogen and oxygen atoms in total. The minimum absolute atomic E-state index is 0.343. The van der Waals surface area contributed by atoms with Crippen LogP contribution < -0.4 is 10.6 Å². The van der Waals surface area contributed by atoms with E-state index in [0.717, 1.165) is 22.4 Å². The number of anilines is 3. The van der Waals surface area contributed by atoms with E-state index in [-0.39, 0.29) is 5.97 Å². The maximum atomic E-state index is 12.1. The number of H-pyrrole nitrogens is 1. The molecule has 0 aliphatic heterocycles. The Labute approximate surface area is 181 Å². The molecule has 3 rings (SSSR count). The molecule has 0 bridgehead atoms. The molecule has 3 aromatic rings. The van der Waals surface area contributed by atoms with Gasteiger partial charge < -0.3 is 15.4 Å². The normalized spacial score (nSPS) is 11.0. The molecule has 0 radical (unpaired) electrons. The lowest BCUT2D eigenvalue weighted by Crippen LogP contribution is -2.23. The van der Waals surface area contributed by atoms with Crippen molar-refractivity contribution in [1.82, 2.24) is 15.2 Å². The second kappa shape index (κ2) is 8.88. The number of rotatable bonds is 6. The van der Waals surface area contributed by atoms with Crippen molar-refractivity contribution >= 4 is 23.6 Å². The van der Waals surface area contributed by atoms with Gasteiger partial charge in [0.1, 0.15) is 5.60 Å². The third-order valence-electron chi connectivity index (χ3n) is 4.43. The molecule has 0 fully saturated rings. The summed E-state index contributed by atoms with van der Waals surface area (Å²) in [5.74, 6) is 0.594. The van der Waals surface area contributed by atoms with E-state index >= 15 is 0 Å². The highest BCUT2D eigenvalue weighted by Crippen LogP contribution is 2.22. The van der Waals surface area contributed by atoms with Gasteiger partial charge in [-0.3, -0.25) is 0 Å². The summed E-state index contributed by atoms with van der Waals surface area (Å²) >= 11 is 0.